The second kappa shape index (κ2) is 4.15. The van der Waals surface area contributed by atoms with Gasteiger partial charge in [-0.2, -0.15) is 0 Å². The van der Waals surface area contributed by atoms with E-state index in [-0.39, 0.29) is 5.92 Å². The van der Waals surface area contributed by atoms with E-state index in [0.29, 0.717) is 6.42 Å². The molecular weight excluding hydrogens is 188 g/mol. The topological polar surface area (TPSA) is 37.3 Å². The zero-order valence-corrected chi connectivity index (χ0v) is 8.73. The Morgan fingerprint density at radius 1 is 1.27 bits per heavy atom. The second-order valence-corrected chi connectivity index (χ2v) is 4.32. The van der Waals surface area contributed by atoms with Crippen LogP contribution in [-0.4, -0.2) is 17.0 Å². The van der Waals surface area contributed by atoms with Gasteiger partial charge in [0.2, 0.25) is 0 Å². The maximum atomic E-state index is 11.0. The van der Waals surface area contributed by atoms with Crippen LogP contribution in [0.2, 0.25) is 0 Å². The second-order valence-electron chi connectivity index (χ2n) is 4.32. The highest BCUT2D eigenvalue weighted by atomic mass is 16.3. The summed E-state index contributed by atoms with van der Waals surface area (Å²) in [5.74, 6) is -0.0232. The zero-order chi connectivity index (χ0) is 10.7. The van der Waals surface area contributed by atoms with E-state index in [1.54, 1.807) is 0 Å². The summed E-state index contributed by atoms with van der Waals surface area (Å²) in [6.45, 7) is 0. The molecule has 2 nitrogen and oxygen atoms in total. The molecule has 15 heavy (non-hydrogen) atoms. The van der Waals surface area contributed by atoms with Crippen molar-refractivity contribution >= 4 is 6.29 Å². The predicted molar refractivity (Wildman–Crippen MR) is 58.7 cm³/mol. The Labute approximate surface area is 89.9 Å². The molecule has 1 aliphatic carbocycles. The molecule has 2 rings (SSSR count). The summed E-state index contributed by atoms with van der Waals surface area (Å²) >= 11 is 0. The van der Waals surface area contributed by atoms with Gasteiger partial charge in [-0.15, -0.1) is 0 Å². The van der Waals surface area contributed by atoms with Crippen LogP contribution in [0.4, 0.5) is 0 Å². The van der Waals surface area contributed by atoms with Crippen LogP contribution in [0.1, 0.15) is 37.2 Å². The van der Waals surface area contributed by atoms with Crippen LogP contribution in [0.5, 0.6) is 0 Å². The lowest BCUT2D eigenvalue weighted by atomic mass is 9.73. The molecule has 0 radical (unpaired) electrons. The van der Waals surface area contributed by atoms with Crippen molar-refractivity contribution in [2.45, 2.75) is 37.2 Å². The van der Waals surface area contributed by atoms with Gasteiger partial charge in [-0.25, -0.2) is 0 Å². The van der Waals surface area contributed by atoms with E-state index in [2.05, 4.69) is 0 Å². The monoisotopic (exact) mass is 204 g/mol. The molecule has 0 aliphatic heterocycles. The molecule has 1 fully saturated rings. The molecule has 2 heteroatoms. The van der Waals surface area contributed by atoms with Crippen molar-refractivity contribution in [3.8, 4) is 0 Å². The summed E-state index contributed by atoms with van der Waals surface area (Å²) in [5.41, 5.74) is -0.0635. The van der Waals surface area contributed by atoms with E-state index < -0.39 is 5.60 Å². The minimum absolute atomic E-state index is 0.0232. The summed E-state index contributed by atoms with van der Waals surface area (Å²) in [4.78, 5) is 11.0. The number of carbonyl (C=O) groups excluding carboxylic acids is 1. The summed E-state index contributed by atoms with van der Waals surface area (Å²) in [6, 6.07) is 9.84. The van der Waals surface area contributed by atoms with Gasteiger partial charge in [0.05, 0.1) is 0 Å². The Hall–Kier alpha value is -1.15. The molecule has 1 aromatic rings. The number of hydrogen-bond donors (Lipinski definition) is 1. The first-order valence-electron chi connectivity index (χ1n) is 5.50. The lowest BCUT2D eigenvalue weighted by Gasteiger charge is -2.36. The molecule has 0 saturated heterocycles. The summed E-state index contributed by atoms with van der Waals surface area (Å²) in [7, 11) is 0. The van der Waals surface area contributed by atoms with Crippen LogP contribution in [0.3, 0.4) is 0 Å². The highest BCUT2D eigenvalue weighted by molar-refractivity contribution is 5.65. The number of benzene rings is 1. The van der Waals surface area contributed by atoms with Crippen molar-refractivity contribution in [1.29, 1.82) is 0 Å². The van der Waals surface area contributed by atoms with E-state index in [1.165, 1.54) is 0 Å². The van der Waals surface area contributed by atoms with Gasteiger partial charge in [0.15, 0.2) is 6.29 Å². The average molecular weight is 204 g/mol. The first-order chi connectivity index (χ1) is 7.26. The molecule has 1 aliphatic rings. The molecular formula is C13H16O2. The Morgan fingerprint density at radius 2 is 2.00 bits per heavy atom. The van der Waals surface area contributed by atoms with Gasteiger partial charge < -0.3 is 9.90 Å². The maximum Gasteiger partial charge on any atom is 0.152 e. The van der Waals surface area contributed by atoms with Gasteiger partial charge in [0, 0.05) is 5.92 Å². The molecule has 1 saturated carbocycles. The van der Waals surface area contributed by atoms with E-state index in [4.69, 9.17) is 0 Å². The first-order valence-corrected chi connectivity index (χ1v) is 5.50. The summed E-state index contributed by atoms with van der Waals surface area (Å²) in [6.07, 6.45) is 4.26. The van der Waals surface area contributed by atoms with Crippen LogP contribution in [0, 0.1) is 0 Å². The summed E-state index contributed by atoms with van der Waals surface area (Å²) < 4.78 is 0. The Balaban J connectivity index is 2.30. The predicted octanol–water partition coefficient (Wildman–Crippen LogP) is 2.27. The van der Waals surface area contributed by atoms with Gasteiger partial charge in [0.1, 0.15) is 5.60 Å². The normalized spacial score (nSPS) is 31.1. The average Bonchev–Trinajstić information content (AvgIpc) is 2.31. The standard InChI is InChI=1S/C13H16O2/c14-10-13(15)9-5-4-8-12(13)11-6-2-1-3-7-11/h1-3,6-7,10,12,15H,4-5,8-9H2. The van der Waals surface area contributed by atoms with E-state index in [1.807, 2.05) is 30.3 Å². The van der Waals surface area contributed by atoms with Crippen LogP contribution >= 0.6 is 0 Å². The van der Waals surface area contributed by atoms with Gasteiger partial charge >= 0.3 is 0 Å². The third-order valence-corrected chi connectivity index (χ3v) is 3.33. The fourth-order valence-corrected chi connectivity index (χ4v) is 2.46. The molecule has 1 aromatic carbocycles. The lowest BCUT2D eigenvalue weighted by Crippen LogP contribution is -2.40. The number of hydrogen-bond acceptors (Lipinski definition) is 2. The zero-order valence-electron chi connectivity index (χ0n) is 8.73. The van der Waals surface area contributed by atoms with Crippen LogP contribution in [0.15, 0.2) is 30.3 Å². The highest BCUT2D eigenvalue weighted by Gasteiger charge is 2.39. The van der Waals surface area contributed by atoms with Crippen LogP contribution in [0.25, 0.3) is 0 Å². The van der Waals surface area contributed by atoms with E-state index in [0.717, 1.165) is 31.1 Å². The molecule has 2 atom stereocenters. The van der Waals surface area contributed by atoms with Crippen molar-refractivity contribution in [2.24, 2.45) is 0 Å². The Kier molecular flexibility index (Phi) is 2.87. The third kappa shape index (κ3) is 1.95. The molecule has 0 heterocycles. The number of carbonyl (C=O) groups is 1. The molecule has 2 unspecified atom stereocenters. The van der Waals surface area contributed by atoms with Crippen molar-refractivity contribution < 1.29 is 9.90 Å². The van der Waals surface area contributed by atoms with Crippen molar-refractivity contribution in [3.63, 3.8) is 0 Å². The van der Waals surface area contributed by atoms with E-state index >= 15 is 0 Å². The van der Waals surface area contributed by atoms with Gasteiger partial charge in [-0.05, 0) is 18.4 Å². The Bertz CT molecular complexity index is 334. The minimum Gasteiger partial charge on any atom is -0.382 e. The fourth-order valence-electron chi connectivity index (χ4n) is 2.46. The number of aliphatic hydroxyl groups is 1. The fraction of sp³-hybridized carbons (Fsp3) is 0.462. The maximum absolute atomic E-state index is 11.0. The largest absolute Gasteiger partial charge is 0.382 e. The van der Waals surface area contributed by atoms with Gasteiger partial charge in [-0.1, -0.05) is 43.2 Å². The molecule has 0 amide bonds. The quantitative estimate of drug-likeness (QED) is 0.750. The lowest BCUT2D eigenvalue weighted by molar-refractivity contribution is -0.129. The molecule has 80 valence electrons. The molecule has 0 bridgehead atoms. The van der Waals surface area contributed by atoms with Crippen LogP contribution < -0.4 is 0 Å². The van der Waals surface area contributed by atoms with Crippen molar-refractivity contribution in [1.82, 2.24) is 0 Å². The Morgan fingerprint density at radius 3 is 2.67 bits per heavy atom. The van der Waals surface area contributed by atoms with Crippen molar-refractivity contribution in [3.05, 3.63) is 35.9 Å². The van der Waals surface area contributed by atoms with Crippen molar-refractivity contribution in [2.75, 3.05) is 0 Å². The summed E-state index contributed by atoms with van der Waals surface area (Å²) in [5, 5.41) is 10.2. The van der Waals surface area contributed by atoms with Crippen LogP contribution in [-0.2, 0) is 4.79 Å². The SMILES string of the molecule is O=CC1(O)CCCCC1c1ccccc1. The molecule has 0 aromatic heterocycles. The van der Waals surface area contributed by atoms with E-state index in [9.17, 15) is 9.90 Å². The number of aldehydes is 1. The van der Waals surface area contributed by atoms with Gasteiger partial charge in [-0.3, -0.25) is 0 Å². The molecule has 0 spiro atoms. The minimum atomic E-state index is -1.14. The smallest absolute Gasteiger partial charge is 0.152 e. The highest BCUT2D eigenvalue weighted by Crippen LogP contribution is 2.39. The third-order valence-electron chi connectivity index (χ3n) is 3.33. The number of rotatable bonds is 2. The first kappa shape index (κ1) is 10.4. The molecule has 1 N–H and O–H groups in total. The van der Waals surface area contributed by atoms with Gasteiger partial charge in [0.25, 0.3) is 0 Å².